The van der Waals surface area contributed by atoms with E-state index in [1.165, 1.54) is 0 Å². The minimum absolute atomic E-state index is 0.00251. The number of ether oxygens (including phenoxy) is 3. The molecule has 0 aliphatic carbocycles. The Bertz CT molecular complexity index is 1010. The van der Waals surface area contributed by atoms with Crippen LogP contribution in [0.25, 0.3) is 0 Å². The van der Waals surface area contributed by atoms with E-state index in [0.29, 0.717) is 19.8 Å². The number of hydrogen-bond acceptors (Lipinski definition) is 6. The Balaban J connectivity index is 2.37. The summed E-state index contributed by atoms with van der Waals surface area (Å²) in [5.41, 5.74) is 0.535. The summed E-state index contributed by atoms with van der Waals surface area (Å²) in [6, 6.07) is 7.97. The van der Waals surface area contributed by atoms with E-state index in [0.717, 1.165) is 17.7 Å². The SMILES string of the molecule is C=C[C@@H](CC)[C@@H](O)[C@H](CO[Si](C)(C)C(C)(C)C)[C@H](O[Si](C)(C)C(C)(C)C)[C@@]1(C)O[C@@H]1[C@@H](C)COCc1ccc(OC)cc1. The van der Waals surface area contributed by atoms with Gasteiger partial charge in [0.2, 0.25) is 0 Å². The molecule has 8 heteroatoms. The zero-order valence-corrected chi connectivity index (χ0v) is 31.9. The van der Waals surface area contributed by atoms with Crippen LogP contribution in [0.5, 0.6) is 5.75 Å². The molecule has 0 unspecified atom stereocenters. The monoisotopic (exact) mass is 636 g/mol. The van der Waals surface area contributed by atoms with E-state index in [-0.39, 0.29) is 40.0 Å². The molecular formula is C35H64O6Si2. The van der Waals surface area contributed by atoms with Crippen LogP contribution in [0.15, 0.2) is 36.9 Å². The summed E-state index contributed by atoms with van der Waals surface area (Å²) in [7, 11) is -2.68. The Kier molecular flexibility index (Phi) is 13.0. The number of aliphatic hydroxyl groups is 1. The van der Waals surface area contributed by atoms with E-state index in [4.69, 9.17) is 23.1 Å². The Morgan fingerprint density at radius 2 is 1.56 bits per heavy atom. The van der Waals surface area contributed by atoms with Crippen LogP contribution in [-0.4, -0.2) is 66.0 Å². The zero-order chi connectivity index (χ0) is 33.0. The highest BCUT2D eigenvalue weighted by atomic mass is 28.4. The average molecular weight is 637 g/mol. The van der Waals surface area contributed by atoms with Crippen LogP contribution >= 0.6 is 0 Å². The van der Waals surface area contributed by atoms with Crippen molar-refractivity contribution in [3.63, 3.8) is 0 Å². The quantitative estimate of drug-likeness (QED) is 0.105. The Hall–Kier alpha value is -1.01. The van der Waals surface area contributed by atoms with Gasteiger partial charge in [0.15, 0.2) is 16.6 Å². The van der Waals surface area contributed by atoms with Gasteiger partial charge >= 0.3 is 0 Å². The first-order valence-electron chi connectivity index (χ1n) is 16.2. The first-order chi connectivity index (χ1) is 19.6. The molecule has 0 radical (unpaired) electrons. The van der Waals surface area contributed by atoms with E-state index in [2.05, 4.69) is 95.1 Å². The second-order valence-corrected chi connectivity index (χ2v) is 25.5. The van der Waals surface area contributed by atoms with Gasteiger partial charge in [0.05, 0.1) is 38.6 Å². The molecule has 248 valence electrons. The molecule has 1 fully saturated rings. The smallest absolute Gasteiger partial charge is 0.192 e. The van der Waals surface area contributed by atoms with Gasteiger partial charge in [0, 0.05) is 24.4 Å². The normalized spacial score (nSPS) is 23.3. The molecule has 0 bridgehead atoms. The molecule has 43 heavy (non-hydrogen) atoms. The van der Waals surface area contributed by atoms with Crippen molar-refractivity contribution in [2.45, 2.75) is 136 Å². The van der Waals surface area contributed by atoms with Crippen LogP contribution in [0.3, 0.4) is 0 Å². The van der Waals surface area contributed by atoms with E-state index in [1.54, 1.807) is 7.11 Å². The van der Waals surface area contributed by atoms with E-state index < -0.39 is 28.3 Å². The molecule has 1 aromatic carbocycles. The molecule has 1 aromatic rings. The summed E-state index contributed by atoms with van der Waals surface area (Å²) in [6.07, 6.45) is 1.63. The first-order valence-corrected chi connectivity index (χ1v) is 22.0. The summed E-state index contributed by atoms with van der Waals surface area (Å²) in [5, 5.41) is 12.0. The number of benzene rings is 1. The molecule has 2 rings (SSSR count). The lowest BCUT2D eigenvalue weighted by molar-refractivity contribution is -0.0538. The predicted molar refractivity (Wildman–Crippen MR) is 184 cm³/mol. The maximum Gasteiger partial charge on any atom is 0.192 e. The fourth-order valence-corrected chi connectivity index (χ4v) is 7.64. The van der Waals surface area contributed by atoms with Crippen molar-refractivity contribution in [3.05, 3.63) is 42.5 Å². The Morgan fingerprint density at radius 3 is 2.02 bits per heavy atom. The standard InChI is InChI=1S/C35H64O6Si2/c1-16-27(17-2)30(36)29(24-39-42(12,13)33(4,5)6)32(41-43(14,15)34(7,8)9)35(10)31(40-35)25(3)22-38-23-26-18-20-28(37-11)21-19-26/h16,18-21,25,27,29-32,36H,1,17,22-24H2,2-15H3/t25-,27-,29-,30+,31+,32-,35-/m0/s1. The van der Waals surface area contributed by atoms with Gasteiger partial charge < -0.3 is 28.2 Å². The molecule has 0 amide bonds. The molecule has 0 saturated carbocycles. The van der Waals surface area contributed by atoms with Crippen molar-refractivity contribution >= 4 is 16.6 Å². The minimum Gasteiger partial charge on any atom is -0.497 e. The number of rotatable bonds is 17. The highest BCUT2D eigenvalue weighted by Crippen LogP contribution is 2.51. The van der Waals surface area contributed by atoms with Crippen LogP contribution < -0.4 is 4.74 Å². The minimum atomic E-state index is -2.26. The molecule has 1 saturated heterocycles. The molecule has 1 aliphatic rings. The lowest BCUT2D eigenvalue weighted by atomic mass is 9.79. The molecule has 6 nitrogen and oxygen atoms in total. The Labute approximate surface area is 266 Å². The maximum atomic E-state index is 12.0. The van der Waals surface area contributed by atoms with Crippen molar-refractivity contribution in [1.29, 1.82) is 0 Å². The van der Waals surface area contributed by atoms with Gasteiger partial charge in [-0.25, -0.2) is 0 Å². The number of hydrogen-bond donors (Lipinski definition) is 1. The van der Waals surface area contributed by atoms with Gasteiger partial charge in [-0.05, 0) is 67.3 Å². The summed E-state index contributed by atoms with van der Waals surface area (Å²) >= 11 is 0. The fourth-order valence-electron chi connectivity index (χ4n) is 5.20. The molecule has 1 heterocycles. The molecule has 7 atom stereocenters. The van der Waals surface area contributed by atoms with Crippen molar-refractivity contribution in [2.24, 2.45) is 17.8 Å². The van der Waals surface area contributed by atoms with E-state index >= 15 is 0 Å². The van der Waals surface area contributed by atoms with Gasteiger partial charge in [-0.3, -0.25) is 0 Å². The molecule has 0 spiro atoms. The largest absolute Gasteiger partial charge is 0.497 e. The number of epoxide rings is 1. The third kappa shape index (κ3) is 9.50. The third-order valence-electron chi connectivity index (χ3n) is 10.5. The van der Waals surface area contributed by atoms with Crippen LogP contribution in [0.4, 0.5) is 0 Å². The summed E-state index contributed by atoms with van der Waals surface area (Å²) in [5.74, 6) is 0.649. The third-order valence-corrected chi connectivity index (χ3v) is 19.4. The molecule has 1 aliphatic heterocycles. The second kappa shape index (κ2) is 14.6. The van der Waals surface area contributed by atoms with Gasteiger partial charge in [0.25, 0.3) is 0 Å². The van der Waals surface area contributed by atoms with E-state index in [9.17, 15) is 5.11 Å². The molecular weight excluding hydrogens is 573 g/mol. The van der Waals surface area contributed by atoms with Crippen LogP contribution in [0.1, 0.15) is 74.3 Å². The summed E-state index contributed by atoms with van der Waals surface area (Å²) < 4.78 is 32.2. The fraction of sp³-hybridized carbons (Fsp3) is 0.771. The number of aliphatic hydroxyl groups excluding tert-OH is 1. The Morgan fingerprint density at radius 1 is 1.00 bits per heavy atom. The van der Waals surface area contributed by atoms with Crippen LogP contribution in [0, 0.1) is 17.8 Å². The predicted octanol–water partition coefficient (Wildman–Crippen LogP) is 8.61. The molecule has 1 N–H and O–H groups in total. The van der Waals surface area contributed by atoms with Crippen LogP contribution in [0.2, 0.25) is 36.3 Å². The number of methoxy groups -OCH3 is 1. The highest BCUT2D eigenvalue weighted by Gasteiger charge is 2.64. The van der Waals surface area contributed by atoms with Crippen molar-refractivity contribution in [2.75, 3.05) is 20.3 Å². The van der Waals surface area contributed by atoms with Crippen molar-refractivity contribution in [1.82, 2.24) is 0 Å². The average Bonchev–Trinajstić information content (AvgIpc) is 3.60. The highest BCUT2D eigenvalue weighted by molar-refractivity contribution is 6.74. The topological polar surface area (TPSA) is 69.7 Å². The first kappa shape index (κ1) is 38.2. The summed E-state index contributed by atoms with van der Waals surface area (Å²) in [4.78, 5) is 0. The lowest BCUT2D eigenvalue weighted by Gasteiger charge is -2.46. The summed E-state index contributed by atoms with van der Waals surface area (Å²) in [6.45, 7) is 34.7. The van der Waals surface area contributed by atoms with Crippen LogP contribution in [-0.2, 0) is 24.9 Å². The van der Waals surface area contributed by atoms with Gasteiger partial charge in [-0.2, -0.15) is 0 Å². The van der Waals surface area contributed by atoms with Gasteiger partial charge in [-0.1, -0.05) is 73.6 Å². The molecule has 0 aromatic heterocycles. The zero-order valence-electron chi connectivity index (χ0n) is 29.9. The maximum absolute atomic E-state index is 12.0. The van der Waals surface area contributed by atoms with Crippen molar-refractivity contribution in [3.8, 4) is 5.75 Å². The van der Waals surface area contributed by atoms with Crippen molar-refractivity contribution < 1.29 is 28.2 Å². The van der Waals surface area contributed by atoms with Gasteiger partial charge in [0.1, 0.15) is 11.4 Å². The van der Waals surface area contributed by atoms with Gasteiger partial charge in [-0.15, -0.1) is 6.58 Å². The second-order valence-electron chi connectivity index (χ2n) is 15.9. The lowest BCUT2D eigenvalue weighted by Crippen LogP contribution is -2.56. The van der Waals surface area contributed by atoms with E-state index in [1.807, 2.05) is 30.3 Å².